The number of fused-ring (bicyclic) bond motifs is 4. The quantitative estimate of drug-likeness (QED) is 0.455. The van der Waals surface area contributed by atoms with E-state index in [4.69, 9.17) is 21.1 Å². The lowest BCUT2D eigenvalue weighted by molar-refractivity contribution is 0.0964. The first kappa shape index (κ1) is 22.5. The van der Waals surface area contributed by atoms with Crippen LogP contribution < -0.4 is 20.7 Å². The maximum Gasteiger partial charge on any atom is 0.330 e. The van der Waals surface area contributed by atoms with Gasteiger partial charge in [-0.25, -0.2) is 9.78 Å². The molecule has 8 nitrogen and oxygen atoms in total. The van der Waals surface area contributed by atoms with Crippen LogP contribution in [-0.2, 0) is 13.0 Å². The van der Waals surface area contributed by atoms with Gasteiger partial charge < -0.3 is 9.47 Å². The van der Waals surface area contributed by atoms with Gasteiger partial charge in [-0.1, -0.05) is 29.8 Å². The highest BCUT2D eigenvalue weighted by Gasteiger charge is 2.30. The average Bonchev–Trinajstić information content (AvgIpc) is 3.11. The predicted molar refractivity (Wildman–Crippen MR) is 135 cm³/mol. The average molecular weight is 504 g/mol. The van der Waals surface area contributed by atoms with Gasteiger partial charge >= 0.3 is 5.69 Å². The molecule has 0 spiro atoms. The Kier molecular flexibility index (Phi) is 5.60. The molecule has 3 heterocycles. The highest BCUT2D eigenvalue weighted by molar-refractivity contribution is 6.30. The molecule has 1 unspecified atom stereocenters. The van der Waals surface area contributed by atoms with Crippen molar-refractivity contribution in [3.05, 3.63) is 96.8 Å². The van der Waals surface area contributed by atoms with Crippen molar-refractivity contribution >= 4 is 28.4 Å². The Bertz CT molecular complexity index is 1620. The van der Waals surface area contributed by atoms with Crippen LogP contribution in [0.1, 0.15) is 45.8 Å². The SMILES string of the molecule is O=C1CC(c2ccc(Cl)cc2)Cc2c1cnc1c2c(=O)[nH]c(=O)n1Cc1ccc2c(c1)OCCCO2. The number of benzene rings is 2. The Balaban J connectivity index is 1.45. The highest BCUT2D eigenvalue weighted by Crippen LogP contribution is 2.35. The molecule has 182 valence electrons. The van der Waals surface area contributed by atoms with Crippen molar-refractivity contribution < 1.29 is 14.3 Å². The summed E-state index contributed by atoms with van der Waals surface area (Å²) in [5.41, 5.74) is 1.95. The summed E-state index contributed by atoms with van der Waals surface area (Å²) in [6, 6.07) is 12.9. The molecule has 1 atom stereocenters. The molecule has 2 aromatic heterocycles. The molecular weight excluding hydrogens is 482 g/mol. The van der Waals surface area contributed by atoms with Crippen LogP contribution in [0, 0.1) is 0 Å². The molecule has 9 heteroatoms. The third-order valence-electron chi connectivity index (χ3n) is 6.79. The maximum absolute atomic E-state index is 13.0. The molecule has 0 fully saturated rings. The van der Waals surface area contributed by atoms with Crippen molar-refractivity contribution in [2.24, 2.45) is 0 Å². The lowest BCUT2D eigenvalue weighted by Crippen LogP contribution is -2.33. The standard InChI is InChI=1S/C27H22ClN3O5/c28-18-5-3-16(4-6-18)17-11-19-20(21(32)12-17)13-29-25-24(19)26(33)30-27(34)31(25)14-15-2-7-22-23(10-15)36-9-1-8-35-22/h2-7,10,13,17H,1,8-9,11-12,14H2,(H,30,33,34). The number of hydrogen-bond donors (Lipinski definition) is 1. The van der Waals surface area contributed by atoms with Crippen LogP contribution in [0.4, 0.5) is 0 Å². The molecule has 2 aromatic carbocycles. The van der Waals surface area contributed by atoms with Crippen molar-refractivity contribution in [1.29, 1.82) is 0 Å². The summed E-state index contributed by atoms with van der Waals surface area (Å²) in [5.74, 6) is 1.10. The van der Waals surface area contributed by atoms with E-state index in [0.29, 0.717) is 53.7 Å². The number of rotatable bonds is 3. The van der Waals surface area contributed by atoms with Crippen LogP contribution in [0.25, 0.3) is 11.0 Å². The normalized spacial score (nSPS) is 17.0. The minimum absolute atomic E-state index is 0.0781. The van der Waals surface area contributed by atoms with Gasteiger partial charge in [0.05, 0.1) is 25.1 Å². The van der Waals surface area contributed by atoms with Gasteiger partial charge in [-0.15, -0.1) is 0 Å². The van der Waals surface area contributed by atoms with Gasteiger partial charge in [-0.05, 0) is 53.3 Å². The van der Waals surface area contributed by atoms with E-state index in [2.05, 4.69) is 9.97 Å². The van der Waals surface area contributed by atoms with Crippen molar-refractivity contribution in [3.63, 3.8) is 0 Å². The number of pyridine rings is 1. The third kappa shape index (κ3) is 3.97. The largest absolute Gasteiger partial charge is 0.490 e. The molecule has 0 bridgehead atoms. The zero-order valence-corrected chi connectivity index (χ0v) is 20.0. The van der Waals surface area contributed by atoms with Gasteiger partial charge in [-0.3, -0.25) is 19.1 Å². The van der Waals surface area contributed by atoms with Gasteiger partial charge in [0.1, 0.15) is 5.65 Å². The molecule has 1 N–H and O–H groups in total. The Morgan fingerprint density at radius 2 is 1.78 bits per heavy atom. The number of ether oxygens (including phenoxy) is 2. The number of nitrogens with zero attached hydrogens (tertiary/aromatic N) is 2. The summed E-state index contributed by atoms with van der Waals surface area (Å²) in [4.78, 5) is 45.8. The first-order chi connectivity index (χ1) is 17.5. The van der Waals surface area contributed by atoms with Crippen LogP contribution in [0.15, 0.2) is 58.3 Å². The van der Waals surface area contributed by atoms with Gasteiger partial charge in [0.25, 0.3) is 5.56 Å². The molecule has 36 heavy (non-hydrogen) atoms. The molecule has 0 amide bonds. The van der Waals surface area contributed by atoms with Crippen LogP contribution in [-0.4, -0.2) is 33.5 Å². The lowest BCUT2D eigenvalue weighted by Gasteiger charge is -2.25. The van der Waals surface area contributed by atoms with E-state index < -0.39 is 11.2 Å². The topological polar surface area (TPSA) is 103 Å². The third-order valence-corrected chi connectivity index (χ3v) is 7.04. The van der Waals surface area contributed by atoms with Crippen LogP contribution in [0.5, 0.6) is 11.5 Å². The summed E-state index contributed by atoms with van der Waals surface area (Å²) in [6.45, 7) is 1.30. The fourth-order valence-electron chi connectivity index (χ4n) is 5.01. The molecule has 1 aliphatic heterocycles. The monoisotopic (exact) mass is 503 g/mol. The summed E-state index contributed by atoms with van der Waals surface area (Å²) >= 11 is 6.04. The molecule has 0 radical (unpaired) electrons. The van der Waals surface area contributed by atoms with E-state index in [1.54, 1.807) is 12.1 Å². The van der Waals surface area contributed by atoms with Crippen molar-refractivity contribution in [2.75, 3.05) is 13.2 Å². The first-order valence-corrected chi connectivity index (χ1v) is 12.2. The number of aromatic nitrogens is 3. The fourth-order valence-corrected chi connectivity index (χ4v) is 5.14. The smallest absolute Gasteiger partial charge is 0.330 e. The number of carbonyl (C=O) groups excluding carboxylic acids is 1. The molecule has 1 aliphatic carbocycles. The number of nitrogens with one attached hydrogen (secondary N) is 1. The summed E-state index contributed by atoms with van der Waals surface area (Å²) < 4.78 is 12.9. The Hall–Kier alpha value is -3.91. The second-order valence-corrected chi connectivity index (χ2v) is 9.54. The summed E-state index contributed by atoms with van der Waals surface area (Å²) in [7, 11) is 0. The van der Waals surface area contributed by atoms with Gasteiger partial charge in [-0.2, -0.15) is 0 Å². The number of Topliss-reactive ketones (excluding diaryl/α,β-unsaturated/α-hetero) is 1. The minimum Gasteiger partial charge on any atom is -0.490 e. The number of carbonyl (C=O) groups is 1. The molecular formula is C27H22ClN3O5. The Labute approximate surface area is 210 Å². The fraction of sp³-hybridized carbons (Fsp3) is 0.259. The molecule has 2 aliphatic rings. The van der Waals surface area contributed by atoms with E-state index >= 15 is 0 Å². The van der Waals surface area contributed by atoms with Gasteiger partial charge in [0, 0.05) is 29.6 Å². The van der Waals surface area contributed by atoms with E-state index in [-0.39, 0.29) is 29.3 Å². The Morgan fingerprint density at radius 1 is 1.00 bits per heavy atom. The maximum atomic E-state index is 13.0. The van der Waals surface area contributed by atoms with E-state index in [1.807, 2.05) is 30.3 Å². The predicted octanol–water partition coefficient (Wildman–Crippen LogP) is 3.86. The second kappa shape index (κ2) is 8.95. The molecule has 0 saturated carbocycles. The lowest BCUT2D eigenvalue weighted by atomic mass is 9.79. The van der Waals surface area contributed by atoms with Crippen LogP contribution in [0.3, 0.4) is 0 Å². The minimum atomic E-state index is -0.566. The number of halogens is 1. The van der Waals surface area contributed by atoms with Gasteiger partial charge in [0.15, 0.2) is 17.3 Å². The van der Waals surface area contributed by atoms with Crippen LogP contribution in [0.2, 0.25) is 5.02 Å². The molecule has 6 rings (SSSR count). The number of aromatic amines is 1. The van der Waals surface area contributed by atoms with E-state index in [9.17, 15) is 14.4 Å². The second-order valence-electron chi connectivity index (χ2n) is 9.11. The first-order valence-electron chi connectivity index (χ1n) is 11.8. The van der Waals surface area contributed by atoms with Crippen LogP contribution >= 0.6 is 11.6 Å². The summed E-state index contributed by atoms with van der Waals surface area (Å²) in [6.07, 6.45) is 3.07. The molecule has 4 aromatic rings. The van der Waals surface area contributed by atoms with Crippen molar-refractivity contribution in [2.45, 2.75) is 31.7 Å². The van der Waals surface area contributed by atoms with Crippen molar-refractivity contribution in [1.82, 2.24) is 14.5 Å². The zero-order valence-electron chi connectivity index (χ0n) is 19.3. The Morgan fingerprint density at radius 3 is 2.58 bits per heavy atom. The van der Waals surface area contributed by atoms with E-state index in [1.165, 1.54) is 10.8 Å². The highest BCUT2D eigenvalue weighted by atomic mass is 35.5. The summed E-state index contributed by atoms with van der Waals surface area (Å²) in [5, 5.41) is 0.889. The van der Waals surface area contributed by atoms with E-state index in [0.717, 1.165) is 17.5 Å². The van der Waals surface area contributed by atoms with Gasteiger partial charge in [0.2, 0.25) is 0 Å². The molecule has 0 saturated heterocycles. The number of H-pyrrole nitrogens is 1. The number of hydrogen-bond acceptors (Lipinski definition) is 6. The van der Waals surface area contributed by atoms with Crippen molar-refractivity contribution in [3.8, 4) is 11.5 Å². The zero-order chi connectivity index (χ0) is 24.8. The number of ketones is 1.